The maximum Gasteiger partial charge on any atom is 0.309 e. The molecule has 8 heteroatoms. The van der Waals surface area contributed by atoms with Crippen LogP contribution in [0.15, 0.2) is 0 Å². The third-order valence-corrected chi connectivity index (χ3v) is 4.66. The van der Waals surface area contributed by atoms with E-state index < -0.39 is 0 Å². The molecule has 1 unspecified atom stereocenters. The highest BCUT2D eigenvalue weighted by atomic mass is 16.6. The van der Waals surface area contributed by atoms with Crippen molar-refractivity contribution in [2.75, 3.05) is 66.1 Å². The van der Waals surface area contributed by atoms with Gasteiger partial charge in [-0.3, -0.25) is 9.59 Å². The second-order valence-corrected chi connectivity index (χ2v) is 7.57. The molecule has 1 atom stereocenters. The first-order chi connectivity index (χ1) is 15.7. The topological polar surface area (TPSA) is 89.5 Å². The summed E-state index contributed by atoms with van der Waals surface area (Å²) in [4.78, 5) is 24.2. The summed E-state index contributed by atoms with van der Waals surface area (Å²) < 4.78 is 32.0. The second-order valence-electron chi connectivity index (χ2n) is 7.57. The zero-order chi connectivity index (χ0) is 23.7. The van der Waals surface area contributed by atoms with Crippen molar-refractivity contribution >= 4 is 11.9 Å². The fourth-order valence-electron chi connectivity index (χ4n) is 2.76. The third-order valence-electron chi connectivity index (χ3n) is 4.66. The molecule has 0 aromatic heterocycles. The van der Waals surface area contributed by atoms with Gasteiger partial charge in [0.15, 0.2) is 0 Å². The minimum Gasteiger partial charge on any atom is -0.463 e. The Hall–Kier alpha value is -1.22. The minimum absolute atomic E-state index is 0.186. The highest BCUT2D eigenvalue weighted by molar-refractivity contribution is 5.74. The van der Waals surface area contributed by atoms with Crippen LogP contribution in [0, 0.1) is 5.92 Å². The quantitative estimate of drug-likeness (QED) is 0.157. The second kappa shape index (κ2) is 24.4. The average Bonchev–Trinajstić information content (AvgIpc) is 2.79. The summed E-state index contributed by atoms with van der Waals surface area (Å²) in [5.41, 5.74) is 0. The molecule has 0 N–H and O–H groups in total. The van der Waals surface area contributed by atoms with Gasteiger partial charge in [0.05, 0.1) is 45.6 Å². The maximum atomic E-state index is 12.3. The molecule has 0 saturated heterocycles. The Morgan fingerprint density at radius 2 is 1.03 bits per heavy atom. The number of carbonyl (C=O) groups is 2. The molecule has 8 nitrogen and oxygen atoms in total. The van der Waals surface area contributed by atoms with Gasteiger partial charge in [-0.25, -0.2) is 0 Å². The number of rotatable bonds is 24. The van der Waals surface area contributed by atoms with E-state index in [1.54, 1.807) is 0 Å². The van der Waals surface area contributed by atoms with Crippen molar-refractivity contribution < 1.29 is 38.0 Å². The van der Waals surface area contributed by atoms with Crippen LogP contribution >= 0.6 is 0 Å². The number of esters is 2. The van der Waals surface area contributed by atoms with E-state index in [9.17, 15) is 9.59 Å². The van der Waals surface area contributed by atoms with E-state index in [2.05, 4.69) is 13.8 Å². The summed E-state index contributed by atoms with van der Waals surface area (Å²) in [6, 6.07) is 0. The van der Waals surface area contributed by atoms with Crippen LogP contribution in [0.3, 0.4) is 0 Å². The monoisotopic (exact) mass is 462 g/mol. The minimum atomic E-state index is -0.326. The smallest absolute Gasteiger partial charge is 0.309 e. The molecule has 32 heavy (non-hydrogen) atoms. The van der Waals surface area contributed by atoms with Gasteiger partial charge < -0.3 is 28.4 Å². The largest absolute Gasteiger partial charge is 0.463 e. The number of unbranched alkanes of at least 4 members (excludes halogenated alkanes) is 2. The van der Waals surface area contributed by atoms with Crippen molar-refractivity contribution in [2.45, 2.75) is 72.1 Å². The van der Waals surface area contributed by atoms with Gasteiger partial charge in [-0.1, -0.05) is 40.0 Å². The molecule has 0 rings (SSSR count). The van der Waals surface area contributed by atoms with Crippen LogP contribution in [0.1, 0.15) is 72.1 Å². The summed E-state index contributed by atoms with van der Waals surface area (Å²) in [6.45, 7) is 10.9. The molecule has 0 aromatic carbocycles. The normalized spacial score (nSPS) is 12.0. The fourth-order valence-corrected chi connectivity index (χ4v) is 2.76. The number of hydrogen-bond acceptors (Lipinski definition) is 8. The zero-order valence-electron chi connectivity index (χ0n) is 20.6. The van der Waals surface area contributed by atoms with Gasteiger partial charge in [0, 0.05) is 19.6 Å². The van der Waals surface area contributed by atoms with E-state index in [0.29, 0.717) is 52.5 Å². The Balaban J connectivity index is 3.76. The van der Waals surface area contributed by atoms with Crippen LogP contribution in [-0.2, 0) is 38.0 Å². The summed E-state index contributed by atoms with van der Waals surface area (Å²) >= 11 is 0. The molecule has 0 amide bonds. The van der Waals surface area contributed by atoms with Crippen LogP contribution in [-0.4, -0.2) is 78.0 Å². The number of ether oxygens (including phenoxy) is 6. The maximum absolute atomic E-state index is 12.3. The molecule has 0 aliphatic rings. The van der Waals surface area contributed by atoms with E-state index >= 15 is 0 Å². The average molecular weight is 463 g/mol. The molecule has 0 spiro atoms. The molecule has 190 valence electrons. The highest BCUT2D eigenvalue weighted by Gasteiger charge is 2.20. The van der Waals surface area contributed by atoms with Crippen LogP contribution in [0.5, 0.6) is 0 Å². The molecular weight excluding hydrogens is 416 g/mol. The van der Waals surface area contributed by atoms with Crippen molar-refractivity contribution in [1.29, 1.82) is 0 Å². The molecule has 0 bridgehead atoms. The first kappa shape index (κ1) is 30.8. The Labute approximate surface area is 194 Å². The summed E-state index contributed by atoms with van der Waals surface area (Å²) in [6.07, 6.45) is 6.44. The lowest BCUT2D eigenvalue weighted by Crippen LogP contribution is -2.22. The van der Waals surface area contributed by atoms with Gasteiger partial charge in [-0.15, -0.1) is 0 Å². The molecule has 0 aliphatic carbocycles. The van der Waals surface area contributed by atoms with E-state index in [1.807, 2.05) is 6.92 Å². The lowest BCUT2D eigenvalue weighted by Gasteiger charge is -2.15. The molecule has 0 fully saturated rings. The predicted octanol–water partition coefficient (Wildman–Crippen LogP) is 3.94. The molecule has 0 aliphatic heterocycles. The van der Waals surface area contributed by atoms with Crippen LogP contribution < -0.4 is 0 Å². The zero-order valence-corrected chi connectivity index (χ0v) is 20.6. The van der Waals surface area contributed by atoms with Crippen LogP contribution in [0.4, 0.5) is 0 Å². The first-order valence-corrected chi connectivity index (χ1v) is 12.3. The Morgan fingerprint density at radius 3 is 1.53 bits per heavy atom. The summed E-state index contributed by atoms with van der Waals surface area (Å²) in [7, 11) is 0. The van der Waals surface area contributed by atoms with E-state index in [1.165, 1.54) is 0 Å². The molecule has 0 saturated carbocycles. The Bertz CT molecular complexity index is 430. The van der Waals surface area contributed by atoms with Crippen molar-refractivity contribution in [3.63, 3.8) is 0 Å². The molecule has 0 heterocycles. The first-order valence-electron chi connectivity index (χ1n) is 12.3. The predicted molar refractivity (Wildman–Crippen MR) is 123 cm³/mol. The van der Waals surface area contributed by atoms with E-state index in [0.717, 1.165) is 45.3 Å². The number of hydrogen-bond donors (Lipinski definition) is 0. The van der Waals surface area contributed by atoms with Gasteiger partial charge >= 0.3 is 11.9 Å². The lowest BCUT2D eigenvalue weighted by atomic mass is 9.98. The van der Waals surface area contributed by atoms with Gasteiger partial charge in [-0.05, 0) is 25.7 Å². The lowest BCUT2D eigenvalue weighted by molar-refractivity contribution is -0.151. The molecular formula is C24H46O8. The molecule has 0 radical (unpaired) electrons. The van der Waals surface area contributed by atoms with Gasteiger partial charge in [0.1, 0.15) is 13.2 Å². The summed E-state index contributed by atoms with van der Waals surface area (Å²) in [5, 5.41) is 0. The van der Waals surface area contributed by atoms with Crippen molar-refractivity contribution in [2.24, 2.45) is 5.92 Å². The van der Waals surface area contributed by atoms with E-state index in [-0.39, 0.29) is 37.5 Å². The van der Waals surface area contributed by atoms with Crippen LogP contribution in [0.25, 0.3) is 0 Å². The van der Waals surface area contributed by atoms with Crippen molar-refractivity contribution in [1.82, 2.24) is 0 Å². The van der Waals surface area contributed by atoms with Gasteiger partial charge in [0.2, 0.25) is 0 Å². The van der Waals surface area contributed by atoms with Crippen LogP contribution in [0.2, 0.25) is 0 Å². The fraction of sp³-hybridized carbons (Fsp3) is 0.917. The van der Waals surface area contributed by atoms with Gasteiger partial charge in [-0.2, -0.15) is 0 Å². The van der Waals surface area contributed by atoms with Gasteiger partial charge in [0.25, 0.3) is 0 Å². The molecule has 0 aromatic rings. The highest BCUT2D eigenvalue weighted by Crippen LogP contribution is 2.16. The Morgan fingerprint density at radius 1 is 0.562 bits per heavy atom. The van der Waals surface area contributed by atoms with Crippen molar-refractivity contribution in [3.8, 4) is 0 Å². The third kappa shape index (κ3) is 20.7. The summed E-state index contributed by atoms with van der Waals surface area (Å²) in [5.74, 6) is -0.914. The van der Waals surface area contributed by atoms with E-state index in [4.69, 9.17) is 28.4 Å². The number of carbonyl (C=O) groups excluding carboxylic acids is 2. The SMILES string of the molecule is CCCCOCCOCCOC(=O)CCC(CCC)C(=O)OCCOCCOCCCC. The van der Waals surface area contributed by atoms with Crippen molar-refractivity contribution in [3.05, 3.63) is 0 Å². The Kier molecular flexibility index (Phi) is 23.5. The standard InChI is InChI=1S/C24H46O8/c1-4-7-12-27-14-16-29-18-20-31-23(25)11-10-22(9-6-3)24(26)32-21-19-30-17-15-28-13-8-5-2/h22H,4-21H2,1-3H3.